The number of hydrogen-bond acceptors (Lipinski definition) is 3. The summed E-state index contributed by atoms with van der Waals surface area (Å²) >= 11 is 0. The Hall–Kier alpha value is -0.960. The first-order chi connectivity index (χ1) is 7.83. The predicted molar refractivity (Wildman–Crippen MR) is 67.1 cm³/mol. The van der Waals surface area contributed by atoms with Gasteiger partial charge in [-0.1, -0.05) is 32.6 Å². The predicted octanol–water partition coefficient (Wildman–Crippen LogP) is 2.93. The van der Waals surface area contributed by atoms with Crippen LogP contribution < -0.4 is 5.32 Å². The zero-order chi connectivity index (χ0) is 11.6. The molecule has 1 N–H and O–H groups in total. The largest absolute Gasteiger partial charge is 0.309 e. The van der Waals surface area contributed by atoms with Crippen LogP contribution in [0, 0.1) is 0 Å². The number of hydrogen-bond donors (Lipinski definition) is 1. The minimum absolute atomic E-state index is 0.568. The summed E-state index contributed by atoms with van der Waals surface area (Å²) in [5.41, 5.74) is 1.02. The Balaban J connectivity index is 2.08. The monoisotopic (exact) mass is 221 g/mol. The van der Waals surface area contributed by atoms with E-state index >= 15 is 0 Å². The van der Waals surface area contributed by atoms with E-state index in [1.165, 1.54) is 32.1 Å². The Morgan fingerprint density at radius 1 is 1.25 bits per heavy atom. The normalized spacial score (nSPS) is 12.6. The zero-order valence-corrected chi connectivity index (χ0v) is 10.4. The summed E-state index contributed by atoms with van der Waals surface area (Å²) in [6, 6.07) is 0.568. The van der Waals surface area contributed by atoms with E-state index in [1.807, 2.05) is 6.20 Å². The molecule has 3 nitrogen and oxygen atoms in total. The SMILES string of the molecule is CCCCCCC(C)NCc1cnccn1. The summed E-state index contributed by atoms with van der Waals surface area (Å²) in [6.07, 6.45) is 11.9. The zero-order valence-electron chi connectivity index (χ0n) is 10.4. The fraction of sp³-hybridized carbons (Fsp3) is 0.692. The van der Waals surface area contributed by atoms with Crippen LogP contribution in [0.4, 0.5) is 0 Å². The molecule has 0 aromatic carbocycles. The molecule has 1 aromatic heterocycles. The third-order valence-corrected chi connectivity index (χ3v) is 2.74. The third kappa shape index (κ3) is 5.81. The number of unbranched alkanes of at least 4 members (excludes halogenated alkanes) is 3. The summed E-state index contributed by atoms with van der Waals surface area (Å²) in [5.74, 6) is 0. The molecule has 0 aliphatic heterocycles. The summed E-state index contributed by atoms with van der Waals surface area (Å²) < 4.78 is 0. The fourth-order valence-corrected chi connectivity index (χ4v) is 1.68. The maximum Gasteiger partial charge on any atom is 0.0724 e. The molecule has 1 rings (SSSR count). The highest BCUT2D eigenvalue weighted by Gasteiger charge is 2.01. The van der Waals surface area contributed by atoms with E-state index in [0.717, 1.165) is 12.2 Å². The van der Waals surface area contributed by atoms with Gasteiger partial charge in [0.25, 0.3) is 0 Å². The lowest BCUT2D eigenvalue weighted by Gasteiger charge is -2.12. The molecule has 0 radical (unpaired) electrons. The van der Waals surface area contributed by atoms with Crippen LogP contribution in [-0.4, -0.2) is 16.0 Å². The second-order valence-electron chi connectivity index (χ2n) is 4.33. The molecule has 3 heteroatoms. The molecular weight excluding hydrogens is 198 g/mol. The Kier molecular flexibility index (Phi) is 6.74. The van der Waals surface area contributed by atoms with Gasteiger partial charge in [0.05, 0.1) is 5.69 Å². The highest BCUT2D eigenvalue weighted by Crippen LogP contribution is 2.05. The lowest BCUT2D eigenvalue weighted by Crippen LogP contribution is -2.25. The molecule has 0 saturated carbocycles. The van der Waals surface area contributed by atoms with E-state index in [0.29, 0.717) is 6.04 Å². The van der Waals surface area contributed by atoms with Gasteiger partial charge in [-0.15, -0.1) is 0 Å². The summed E-state index contributed by atoms with van der Waals surface area (Å²) in [5, 5.41) is 3.47. The Bertz CT molecular complexity index is 261. The molecule has 1 aromatic rings. The standard InChI is InChI=1S/C13H23N3/c1-3-4-5-6-7-12(2)16-11-13-10-14-8-9-15-13/h8-10,12,16H,3-7,11H2,1-2H3. The minimum Gasteiger partial charge on any atom is -0.309 e. The van der Waals surface area contributed by atoms with Crippen molar-refractivity contribution in [3.05, 3.63) is 24.3 Å². The Morgan fingerprint density at radius 2 is 2.12 bits per heavy atom. The molecule has 0 aliphatic carbocycles. The topological polar surface area (TPSA) is 37.8 Å². The van der Waals surface area contributed by atoms with Gasteiger partial charge < -0.3 is 5.32 Å². The van der Waals surface area contributed by atoms with Gasteiger partial charge in [0.15, 0.2) is 0 Å². The van der Waals surface area contributed by atoms with E-state index in [9.17, 15) is 0 Å². The number of aromatic nitrogens is 2. The average Bonchev–Trinajstić information content (AvgIpc) is 2.33. The van der Waals surface area contributed by atoms with E-state index in [-0.39, 0.29) is 0 Å². The van der Waals surface area contributed by atoms with Crippen molar-refractivity contribution >= 4 is 0 Å². The van der Waals surface area contributed by atoms with Crippen LogP contribution in [-0.2, 0) is 6.54 Å². The van der Waals surface area contributed by atoms with Crippen molar-refractivity contribution in [3.8, 4) is 0 Å². The van der Waals surface area contributed by atoms with Crippen molar-refractivity contribution < 1.29 is 0 Å². The highest BCUT2D eigenvalue weighted by atomic mass is 14.9. The van der Waals surface area contributed by atoms with Crippen molar-refractivity contribution in [2.24, 2.45) is 0 Å². The second kappa shape index (κ2) is 8.22. The molecule has 1 atom stereocenters. The molecule has 0 amide bonds. The van der Waals surface area contributed by atoms with Crippen LogP contribution in [0.5, 0.6) is 0 Å². The van der Waals surface area contributed by atoms with Crippen molar-refractivity contribution in [1.29, 1.82) is 0 Å². The minimum atomic E-state index is 0.568. The van der Waals surface area contributed by atoms with Gasteiger partial charge in [0, 0.05) is 31.2 Å². The number of rotatable bonds is 8. The first-order valence-electron chi connectivity index (χ1n) is 6.31. The van der Waals surface area contributed by atoms with Crippen molar-refractivity contribution in [2.75, 3.05) is 0 Å². The summed E-state index contributed by atoms with van der Waals surface area (Å²) in [4.78, 5) is 8.28. The molecule has 16 heavy (non-hydrogen) atoms. The van der Waals surface area contributed by atoms with Gasteiger partial charge in [-0.25, -0.2) is 0 Å². The van der Waals surface area contributed by atoms with Gasteiger partial charge in [0.2, 0.25) is 0 Å². The van der Waals surface area contributed by atoms with Gasteiger partial charge in [-0.05, 0) is 13.3 Å². The van der Waals surface area contributed by atoms with Gasteiger partial charge in [0.1, 0.15) is 0 Å². The second-order valence-corrected chi connectivity index (χ2v) is 4.33. The van der Waals surface area contributed by atoms with Crippen molar-refractivity contribution in [3.63, 3.8) is 0 Å². The Morgan fingerprint density at radius 3 is 2.81 bits per heavy atom. The van der Waals surface area contributed by atoms with Crippen LogP contribution in [0.15, 0.2) is 18.6 Å². The molecule has 0 bridgehead atoms. The van der Waals surface area contributed by atoms with E-state index in [1.54, 1.807) is 12.4 Å². The maximum absolute atomic E-state index is 4.24. The molecule has 1 unspecified atom stereocenters. The summed E-state index contributed by atoms with van der Waals surface area (Å²) in [7, 11) is 0. The molecule has 0 saturated heterocycles. The number of nitrogens with zero attached hydrogens (tertiary/aromatic N) is 2. The molecule has 1 heterocycles. The quantitative estimate of drug-likeness (QED) is 0.686. The summed E-state index contributed by atoms with van der Waals surface area (Å²) in [6.45, 7) is 5.31. The van der Waals surface area contributed by atoms with Crippen LogP contribution in [0.3, 0.4) is 0 Å². The van der Waals surface area contributed by atoms with E-state index in [2.05, 4.69) is 29.1 Å². The van der Waals surface area contributed by atoms with Crippen LogP contribution in [0.1, 0.15) is 51.6 Å². The Labute approximate surface area is 98.7 Å². The van der Waals surface area contributed by atoms with Crippen LogP contribution in [0.25, 0.3) is 0 Å². The average molecular weight is 221 g/mol. The molecule has 0 spiro atoms. The number of nitrogens with one attached hydrogen (secondary N) is 1. The molecule has 0 aliphatic rings. The molecule has 90 valence electrons. The van der Waals surface area contributed by atoms with Gasteiger partial charge >= 0.3 is 0 Å². The fourth-order valence-electron chi connectivity index (χ4n) is 1.68. The first kappa shape index (κ1) is 13.1. The van der Waals surface area contributed by atoms with Crippen molar-refractivity contribution in [2.45, 2.75) is 58.5 Å². The van der Waals surface area contributed by atoms with E-state index < -0.39 is 0 Å². The van der Waals surface area contributed by atoms with E-state index in [4.69, 9.17) is 0 Å². The van der Waals surface area contributed by atoms with Crippen molar-refractivity contribution in [1.82, 2.24) is 15.3 Å². The maximum atomic E-state index is 4.24. The lowest BCUT2D eigenvalue weighted by molar-refractivity contribution is 0.479. The smallest absolute Gasteiger partial charge is 0.0724 e. The highest BCUT2D eigenvalue weighted by molar-refractivity contribution is 4.93. The van der Waals surface area contributed by atoms with Crippen LogP contribution >= 0.6 is 0 Å². The van der Waals surface area contributed by atoms with Crippen LogP contribution in [0.2, 0.25) is 0 Å². The lowest BCUT2D eigenvalue weighted by atomic mass is 10.1. The molecule has 0 fully saturated rings. The van der Waals surface area contributed by atoms with Gasteiger partial charge in [-0.2, -0.15) is 0 Å². The first-order valence-corrected chi connectivity index (χ1v) is 6.31. The molecular formula is C13H23N3. The van der Waals surface area contributed by atoms with Gasteiger partial charge in [-0.3, -0.25) is 9.97 Å². The third-order valence-electron chi connectivity index (χ3n) is 2.74.